The van der Waals surface area contributed by atoms with Gasteiger partial charge in [-0.1, -0.05) is 29.3 Å². The van der Waals surface area contributed by atoms with Crippen LogP contribution >= 0.6 is 11.5 Å². The third kappa shape index (κ3) is 2.01. The van der Waals surface area contributed by atoms with E-state index in [1.807, 2.05) is 6.07 Å². The van der Waals surface area contributed by atoms with Gasteiger partial charge in [0.1, 0.15) is 0 Å². The highest BCUT2D eigenvalue weighted by Crippen LogP contribution is 2.26. The van der Waals surface area contributed by atoms with E-state index >= 15 is 0 Å². The van der Waals surface area contributed by atoms with Crippen LogP contribution in [-0.4, -0.2) is 27.2 Å². The van der Waals surface area contributed by atoms with Gasteiger partial charge in [-0.2, -0.15) is 4.37 Å². The molecule has 0 unspecified atom stereocenters. The summed E-state index contributed by atoms with van der Waals surface area (Å²) in [6.45, 7) is 0. The van der Waals surface area contributed by atoms with Gasteiger partial charge in [0, 0.05) is 11.6 Å². The Bertz CT molecular complexity index is 944. The fraction of sp³-hybridized carbons (Fsp3) is 0. The highest BCUT2D eigenvalue weighted by atomic mass is 32.1. The van der Waals surface area contributed by atoms with Crippen LogP contribution < -0.4 is 0 Å². The van der Waals surface area contributed by atoms with Gasteiger partial charge in [-0.3, -0.25) is 9.59 Å². The summed E-state index contributed by atoms with van der Waals surface area (Å²) in [4.78, 5) is 41.8. The first-order valence-corrected chi connectivity index (χ1v) is 7.47. The van der Waals surface area contributed by atoms with E-state index in [2.05, 4.69) is 4.37 Å². The topological polar surface area (TPSA) is 76.6 Å². The number of carbonyl (C=O) groups excluding carboxylic acids is 3. The molecule has 3 aromatic rings. The first-order valence-electron chi connectivity index (χ1n) is 6.70. The minimum Gasteiger partial charge on any atom is -0.324 e. The zero-order valence-corrected chi connectivity index (χ0v) is 12.4. The lowest BCUT2D eigenvalue weighted by Crippen LogP contribution is -2.32. The van der Waals surface area contributed by atoms with Gasteiger partial charge in [0.15, 0.2) is 0 Å². The molecule has 2 heterocycles. The lowest BCUT2D eigenvalue weighted by atomic mass is 10.1. The molecule has 0 spiro atoms. The molecular weight excluding hydrogens is 316 g/mol. The normalized spacial score (nSPS) is 13.5. The van der Waals surface area contributed by atoms with E-state index in [1.54, 1.807) is 30.5 Å². The molecular formula is C16H8N2O4S. The second kappa shape index (κ2) is 4.99. The maximum Gasteiger partial charge on any atom is 0.365 e. The Hall–Kier alpha value is -3.06. The van der Waals surface area contributed by atoms with E-state index in [1.165, 1.54) is 12.1 Å². The van der Waals surface area contributed by atoms with Crippen molar-refractivity contribution in [2.24, 2.45) is 0 Å². The van der Waals surface area contributed by atoms with Gasteiger partial charge in [0.25, 0.3) is 11.8 Å². The van der Waals surface area contributed by atoms with Crippen LogP contribution in [0.5, 0.6) is 0 Å². The minimum absolute atomic E-state index is 0.223. The zero-order valence-electron chi connectivity index (χ0n) is 11.6. The molecule has 1 aliphatic heterocycles. The van der Waals surface area contributed by atoms with Crippen LogP contribution in [0.25, 0.3) is 10.1 Å². The molecule has 23 heavy (non-hydrogen) atoms. The summed E-state index contributed by atoms with van der Waals surface area (Å²) in [5.41, 5.74) is 0.712. The summed E-state index contributed by atoms with van der Waals surface area (Å²) in [5.74, 6) is -2.06. The molecule has 1 aliphatic rings. The predicted octanol–water partition coefficient (Wildman–Crippen LogP) is 2.66. The van der Waals surface area contributed by atoms with E-state index < -0.39 is 17.8 Å². The second-order valence-electron chi connectivity index (χ2n) is 4.88. The summed E-state index contributed by atoms with van der Waals surface area (Å²) < 4.78 is 4.67. The molecule has 6 nitrogen and oxygen atoms in total. The van der Waals surface area contributed by atoms with Crippen molar-refractivity contribution in [1.82, 2.24) is 9.44 Å². The highest BCUT2D eigenvalue weighted by molar-refractivity contribution is 7.13. The second-order valence-corrected chi connectivity index (χ2v) is 5.68. The van der Waals surface area contributed by atoms with Crippen molar-refractivity contribution in [3.05, 3.63) is 65.4 Å². The molecule has 0 atom stereocenters. The van der Waals surface area contributed by atoms with E-state index in [-0.39, 0.29) is 16.7 Å². The van der Waals surface area contributed by atoms with Crippen molar-refractivity contribution in [2.45, 2.75) is 0 Å². The molecule has 0 saturated heterocycles. The van der Waals surface area contributed by atoms with Crippen molar-refractivity contribution < 1.29 is 19.2 Å². The number of benzene rings is 2. The third-order valence-corrected chi connectivity index (χ3v) is 4.38. The van der Waals surface area contributed by atoms with E-state index in [4.69, 9.17) is 4.84 Å². The van der Waals surface area contributed by atoms with Gasteiger partial charge in [-0.25, -0.2) is 4.79 Å². The largest absolute Gasteiger partial charge is 0.365 e. The number of carbonyl (C=O) groups is 3. The monoisotopic (exact) mass is 324 g/mol. The fourth-order valence-corrected chi connectivity index (χ4v) is 3.18. The van der Waals surface area contributed by atoms with E-state index in [9.17, 15) is 14.4 Å². The van der Waals surface area contributed by atoms with Crippen molar-refractivity contribution in [3.8, 4) is 0 Å². The van der Waals surface area contributed by atoms with Crippen LogP contribution in [0.15, 0.2) is 48.7 Å². The summed E-state index contributed by atoms with van der Waals surface area (Å²) in [5, 5.41) is 1.30. The fourth-order valence-electron chi connectivity index (χ4n) is 2.44. The maximum absolute atomic E-state index is 12.4. The first kappa shape index (κ1) is 13.6. The molecule has 0 aliphatic carbocycles. The number of fused-ring (bicyclic) bond motifs is 2. The summed E-state index contributed by atoms with van der Waals surface area (Å²) >= 11 is 1.15. The number of hydrogen-bond donors (Lipinski definition) is 0. The van der Waals surface area contributed by atoms with Crippen LogP contribution in [0.2, 0.25) is 0 Å². The van der Waals surface area contributed by atoms with Gasteiger partial charge in [-0.15, -0.1) is 0 Å². The van der Waals surface area contributed by atoms with E-state index in [0.717, 1.165) is 16.9 Å². The zero-order chi connectivity index (χ0) is 16.0. The standard InChI is InChI=1S/C16H8N2O4S/c19-14-10-5-1-2-6-11(10)15(20)18(14)22-16(21)12-7-3-4-9-8-17-23-13(9)12/h1-8H. The van der Waals surface area contributed by atoms with Crippen LogP contribution in [-0.2, 0) is 4.84 Å². The van der Waals surface area contributed by atoms with Gasteiger partial charge in [0.05, 0.1) is 21.4 Å². The van der Waals surface area contributed by atoms with Crippen molar-refractivity contribution in [1.29, 1.82) is 0 Å². The summed E-state index contributed by atoms with van der Waals surface area (Å²) in [6.07, 6.45) is 1.64. The SMILES string of the molecule is O=C(ON1C(=O)c2ccccc2C1=O)c1cccc2cnsc12. The number of amides is 2. The lowest BCUT2D eigenvalue weighted by molar-refractivity contribution is -0.0583. The van der Waals surface area contributed by atoms with Gasteiger partial charge in [-0.05, 0) is 29.7 Å². The smallest absolute Gasteiger partial charge is 0.324 e. The van der Waals surface area contributed by atoms with Gasteiger partial charge >= 0.3 is 5.97 Å². The molecule has 2 aromatic carbocycles. The van der Waals surface area contributed by atoms with E-state index in [0.29, 0.717) is 9.76 Å². The van der Waals surface area contributed by atoms with Crippen LogP contribution in [0.1, 0.15) is 31.1 Å². The molecule has 0 N–H and O–H groups in total. The summed E-state index contributed by atoms with van der Waals surface area (Å²) in [6, 6.07) is 11.4. The number of nitrogens with zero attached hydrogens (tertiary/aromatic N) is 2. The number of rotatable bonds is 2. The Balaban J connectivity index is 1.67. The number of hydrogen-bond acceptors (Lipinski definition) is 6. The van der Waals surface area contributed by atoms with Crippen LogP contribution in [0.4, 0.5) is 0 Å². The minimum atomic E-state index is -0.769. The molecule has 4 rings (SSSR count). The van der Waals surface area contributed by atoms with Crippen molar-refractivity contribution >= 4 is 39.4 Å². The maximum atomic E-state index is 12.4. The van der Waals surface area contributed by atoms with Gasteiger partial charge < -0.3 is 4.84 Å². The first-order chi connectivity index (χ1) is 11.2. The Kier molecular flexibility index (Phi) is 2.95. The summed E-state index contributed by atoms with van der Waals surface area (Å²) in [7, 11) is 0. The molecule has 112 valence electrons. The average molecular weight is 324 g/mol. The molecule has 0 radical (unpaired) electrons. The Morgan fingerprint density at radius 1 is 1.00 bits per heavy atom. The Morgan fingerprint density at radius 3 is 2.39 bits per heavy atom. The molecule has 7 heteroatoms. The lowest BCUT2D eigenvalue weighted by Gasteiger charge is -2.12. The number of aromatic nitrogens is 1. The number of hydroxylamine groups is 2. The van der Waals surface area contributed by atoms with Gasteiger partial charge in [0.2, 0.25) is 0 Å². The molecule has 0 bridgehead atoms. The molecule has 1 aromatic heterocycles. The Morgan fingerprint density at radius 2 is 1.70 bits per heavy atom. The molecule has 0 saturated carbocycles. The number of imide groups is 1. The average Bonchev–Trinajstić information content (AvgIpc) is 3.14. The van der Waals surface area contributed by atoms with Crippen LogP contribution in [0, 0.1) is 0 Å². The third-order valence-electron chi connectivity index (χ3n) is 3.53. The van der Waals surface area contributed by atoms with Crippen molar-refractivity contribution in [2.75, 3.05) is 0 Å². The van der Waals surface area contributed by atoms with Crippen LogP contribution in [0.3, 0.4) is 0 Å². The molecule has 2 amide bonds. The van der Waals surface area contributed by atoms with Crippen molar-refractivity contribution in [3.63, 3.8) is 0 Å². The quantitative estimate of drug-likeness (QED) is 0.677. The molecule has 0 fully saturated rings. The highest BCUT2D eigenvalue weighted by Gasteiger charge is 2.39. The predicted molar refractivity (Wildman–Crippen MR) is 82.0 cm³/mol. The Labute approximate surface area is 134 Å².